The second-order valence-electron chi connectivity index (χ2n) is 5.59. The maximum atomic E-state index is 14.1. The molecule has 2 aromatic rings. The summed E-state index contributed by atoms with van der Waals surface area (Å²) in [6.45, 7) is 1.54. The van der Waals surface area contributed by atoms with Crippen molar-refractivity contribution >= 4 is 27.3 Å². The molecule has 0 aliphatic carbocycles. The number of nitrogens with two attached hydrogens (primary N) is 1. The average Bonchev–Trinajstić information content (AvgIpc) is 2.88. The normalized spacial score (nSPS) is 16.4. The summed E-state index contributed by atoms with van der Waals surface area (Å²) in [6, 6.07) is 5.09. The molecule has 6 heteroatoms. The zero-order valence-corrected chi connectivity index (χ0v) is 13.3. The van der Waals surface area contributed by atoms with E-state index in [1.807, 2.05) is 11.0 Å². The van der Waals surface area contributed by atoms with Crippen LogP contribution in [0.15, 0.2) is 18.2 Å². The number of thiophene rings is 1. The highest BCUT2D eigenvalue weighted by Gasteiger charge is 2.27. The first-order valence-electron chi connectivity index (χ1n) is 7.35. The molecule has 2 heterocycles. The lowest BCUT2D eigenvalue weighted by atomic mass is 10.1. The topological polar surface area (TPSA) is 55.6 Å². The van der Waals surface area contributed by atoms with Gasteiger partial charge in [0.1, 0.15) is 5.82 Å². The standard InChI is InChI=1S/C16H19FN2O2S/c1-21-9-11-14-12(17)3-2-4-13(14)22-15(11)16(20)19-7-5-10(18)6-8-19/h2-4,10H,5-9,18H2,1H3. The number of hydrogen-bond acceptors (Lipinski definition) is 4. The molecule has 1 saturated heterocycles. The first-order chi connectivity index (χ1) is 10.6. The third-order valence-corrected chi connectivity index (χ3v) is 5.26. The van der Waals surface area contributed by atoms with Crippen molar-refractivity contribution in [3.63, 3.8) is 0 Å². The maximum absolute atomic E-state index is 14.1. The summed E-state index contributed by atoms with van der Waals surface area (Å²) in [5.74, 6) is -0.347. The number of carbonyl (C=O) groups is 1. The first-order valence-corrected chi connectivity index (χ1v) is 8.17. The fourth-order valence-corrected chi connectivity index (χ4v) is 4.06. The zero-order chi connectivity index (χ0) is 15.7. The van der Waals surface area contributed by atoms with Gasteiger partial charge in [-0.3, -0.25) is 4.79 Å². The molecule has 1 aliphatic heterocycles. The number of ether oxygens (including phenoxy) is 1. The highest BCUT2D eigenvalue weighted by atomic mass is 32.1. The van der Waals surface area contributed by atoms with Gasteiger partial charge >= 0.3 is 0 Å². The molecule has 0 atom stereocenters. The lowest BCUT2D eigenvalue weighted by Gasteiger charge is -2.30. The zero-order valence-electron chi connectivity index (χ0n) is 12.5. The molecule has 1 aromatic heterocycles. The van der Waals surface area contributed by atoms with Crippen LogP contribution in [0.1, 0.15) is 28.1 Å². The van der Waals surface area contributed by atoms with Crippen LogP contribution in [-0.2, 0) is 11.3 Å². The molecule has 0 bridgehead atoms. The third kappa shape index (κ3) is 2.74. The van der Waals surface area contributed by atoms with E-state index < -0.39 is 0 Å². The Balaban J connectivity index is 2.00. The van der Waals surface area contributed by atoms with Gasteiger partial charge < -0.3 is 15.4 Å². The number of fused-ring (bicyclic) bond motifs is 1. The van der Waals surface area contributed by atoms with Gasteiger partial charge in [-0.1, -0.05) is 6.07 Å². The van der Waals surface area contributed by atoms with Crippen LogP contribution >= 0.6 is 11.3 Å². The van der Waals surface area contributed by atoms with Crippen LogP contribution in [0.2, 0.25) is 0 Å². The van der Waals surface area contributed by atoms with Crippen LogP contribution in [0, 0.1) is 5.82 Å². The second kappa shape index (κ2) is 6.32. The van der Waals surface area contributed by atoms with E-state index in [2.05, 4.69) is 0 Å². The smallest absolute Gasteiger partial charge is 0.264 e. The van der Waals surface area contributed by atoms with Crippen molar-refractivity contribution in [1.82, 2.24) is 4.90 Å². The number of likely N-dealkylation sites (tertiary alicyclic amines) is 1. The van der Waals surface area contributed by atoms with Gasteiger partial charge in [0.2, 0.25) is 0 Å². The molecular weight excluding hydrogens is 303 g/mol. The molecule has 0 spiro atoms. The highest BCUT2D eigenvalue weighted by Crippen LogP contribution is 2.34. The molecule has 0 saturated carbocycles. The van der Waals surface area contributed by atoms with Crippen molar-refractivity contribution in [2.24, 2.45) is 5.73 Å². The predicted octanol–water partition coefficient (Wildman–Crippen LogP) is 2.75. The second-order valence-corrected chi connectivity index (χ2v) is 6.64. The molecule has 2 N–H and O–H groups in total. The van der Waals surface area contributed by atoms with Crippen LogP contribution < -0.4 is 5.73 Å². The van der Waals surface area contributed by atoms with Crippen molar-refractivity contribution in [3.8, 4) is 0 Å². The Hall–Kier alpha value is -1.50. The minimum absolute atomic E-state index is 0.0421. The van der Waals surface area contributed by atoms with Crippen LogP contribution in [-0.4, -0.2) is 37.0 Å². The number of rotatable bonds is 3. The van der Waals surface area contributed by atoms with Gasteiger partial charge in [0.25, 0.3) is 5.91 Å². The van der Waals surface area contributed by atoms with Crippen molar-refractivity contribution in [2.45, 2.75) is 25.5 Å². The third-order valence-electron chi connectivity index (χ3n) is 4.07. The molecule has 3 rings (SSSR count). The summed E-state index contributed by atoms with van der Waals surface area (Å²) in [6.07, 6.45) is 1.62. The van der Waals surface area contributed by atoms with Gasteiger partial charge in [-0.05, 0) is 25.0 Å². The van der Waals surface area contributed by atoms with E-state index in [-0.39, 0.29) is 24.4 Å². The van der Waals surface area contributed by atoms with Crippen LogP contribution in [0.5, 0.6) is 0 Å². The van der Waals surface area contributed by atoms with Crippen molar-refractivity contribution < 1.29 is 13.9 Å². The van der Waals surface area contributed by atoms with Gasteiger partial charge in [0.05, 0.1) is 11.5 Å². The number of carbonyl (C=O) groups excluding carboxylic acids is 1. The SMILES string of the molecule is COCc1c(C(=O)N2CCC(N)CC2)sc2cccc(F)c12. The van der Waals surface area contributed by atoms with E-state index >= 15 is 0 Å². The van der Waals surface area contributed by atoms with Gasteiger partial charge in [0, 0.05) is 41.9 Å². The Morgan fingerprint density at radius 2 is 2.18 bits per heavy atom. The van der Waals surface area contributed by atoms with Crippen molar-refractivity contribution in [3.05, 3.63) is 34.5 Å². The molecule has 1 aromatic carbocycles. The molecule has 4 nitrogen and oxygen atoms in total. The van der Waals surface area contributed by atoms with E-state index in [4.69, 9.17) is 10.5 Å². The van der Waals surface area contributed by atoms with Crippen LogP contribution in [0.3, 0.4) is 0 Å². The summed E-state index contributed by atoms with van der Waals surface area (Å²) in [5, 5.41) is 0.506. The Morgan fingerprint density at radius 1 is 1.45 bits per heavy atom. The van der Waals surface area contributed by atoms with E-state index in [1.165, 1.54) is 17.4 Å². The Kier molecular flexibility index (Phi) is 4.42. The first kappa shape index (κ1) is 15.4. The summed E-state index contributed by atoms with van der Waals surface area (Å²) >= 11 is 1.34. The molecule has 118 valence electrons. The number of methoxy groups -OCH3 is 1. The molecule has 0 radical (unpaired) electrons. The summed E-state index contributed by atoms with van der Waals surface area (Å²) in [7, 11) is 1.55. The Morgan fingerprint density at radius 3 is 2.86 bits per heavy atom. The lowest BCUT2D eigenvalue weighted by Crippen LogP contribution is -2.42. The van der Waals surface area contributed by atoms with Crippen LogP contribution in [0.25, 0.3) is 10.1 Å². The molecule has 1 fully saturated rings. The largest absolute Gasteiger partial charge is 0.380 e. The van der Waals surface area contributed by atoms with E-state index in [1.54, 1.807) is 13.2 Å². The van der Waals surface area contributed by atoms with Crippen molar-refractivity contribution in [1.29, 1.82) is 0 Å². The van der Waals surface area contributed by atoms with Gasteiger partial charge in [-0.2, -0.15) is 0 Å². The summed E-state index contributed by atoms with van der Waals surface area (Å²) < 4.78 is 20.1. The lowest BCUT2D eigenvalue weighted by molar-refractivity contribution is 0.0715. The van der Waals surface area contributed by atoms with Gasteiger partial charge in [0.15, 0.2) is 0 Å². The summed E-state index contributed by atoms with van der Waals surface area (Å²) in [4.78, 5) is 15.2. The summed E-state index contributed by atoms with van der Waals surface area (Å²) in [5.41, 5.74) is 6.54. The maximum Gasteiger partial charge on any atom is 0.264 e. The molecule has 1 amide bonds. The van der Waals surface area contributed by atoms with Crippen molar-refractivity contribution in [2.75, 3.05) is 20.2 Å². The van der Waals surface area contributed by atoms with Crippen LogP contribution in [0.4, 0.5) is 4.39 Å². The molecule has 22 heavy (non-hydrogen) atoms. The monoisotopic (exact) mass is 322 g/mol. The molecule has 1 aliphatic rings. The Labute approximate surface area is 132 Å². The number of piperidine rings is 1. The quantitative estimate of drug-likeness (QED) is 0.945. The Bertz CT molecular complexity index is 693. The molecular formula is C16H19FN2O2S. The minimum Gasteiger partial charge on any atom is -0.380 e. The minimum atomic E-state index is -0.305. The predicted molar refractivity (Wildman–Crippen MR) is 85.6 cm³/mol. The number of benzene rings is 1. The highest BCUT2D eigenvalue weighted by molar-refractivity contribution is 7.21. The fraction of sp³-hybridized carbons (Fsp3) is 0.438. The number of hydrogen-bond donors (Lipinski definition) is 1. The number of amides is 1. The van der Waals surface area contributed by atoms with Gasteiger partial charge in [-0.15, -0.1) is 11.3 Å². The molecule has 0 unspecified atom stereocenters. The number of halogens is 1. The average molecular weight is 322 g/mol. The van der Waals surface area contributed by atoms with E-state index in [0.717, 1.165) is 17.5 Å². The fourth-order valence-electron chi connectivity index (χ4n) is 2.87. The van der Waals surface area contributed by atoms with Gasteiger partial charge in [-0.25, -0.2) is 4.39 Å². The number of nitrogens with zero attached hydrogens (tertiary/aromatic N) is 1. The van der Waals surface area contributed by atoms with E-state index in [0.29, 0.717) is 28.9 Å². The van der Waals surface area contributed by atoms with E-state index in [9.17, 15) is 9.18 Å².